The van der Waals surface area contributed by atoms with Crippen molar-refractivity contribution in [3.63, 3.8) is 0 Å². The fourth-order valence-corrected chi connectivity index (χ4v) is 3.83. The molecule has 6 nitrogen and oxygen atoms in total. The largest absolute Gasteiger partial charge is 0.508 e. The molecule has 0 spiro atoms. The number of amides is 1. The number of nitrogens with zero attached hydrogens (tertiary/aromatic N) is 1. The van der Waals surface area contributed by atoms with Crippen LogP contribution in [0.1, 0.15) is 22.3 Å². The van der Waals surface area contributed by atoms with Gasteiger partial charge in [0.2, 0.25) is 10.0 Å². The number of benzene rings is 2. The number of anilines is 2. The second-order valence-corrected chi connectivity index (χ2v) is 7.69. The van der Waals surface area contributed by atoms with Gasteiger partial charge in [0.15, 0.2) is 0 Å². The molecule has 0 aliphatic carbocycles. The molecule has 3 rings (SSSR count). The van der Waals surface area contributed by atoms with Crippen molar-refractivity contribution in [1.82, 2.24) is 0 Å². The number of fused-ring (bicyclic) bond motifs is 1. The molecule has 2 N–H and O–H groups in total. The zero-order chi connectivity index (χ0) is 17.3. The van der Waals surface area contributed by atoms with Crippen LogP contribution in [-0.2, 0) is 16.4 Å². The molecule has 2 aromatic carbocycles. The number of nitrogens with one attached hydrogen (secondary N) is 1. The molecule has 0 fully saturated rings. The van der Waals surface area contributed by atoms with E-state index in [0.717, 1.165) is 18.4 Å². The summed E-state index contributed by atoms with van der Waals surface area (Å²) in [7, 11) is -3.32. The van der Waals surface area contributed by atoms with Gasteiger partial charge in [-0.05, 0) is 48.7 Å². The maximum Gasteiger partial charge on any atom is 0.255 e. The zero-order valence-corrected chi connectivity index (χ0v) is 14.0. The summed E-state index contributed by atoms with van der Waals surface area (Å²) in [6.07, 6.45) is 2.64. The van der Waals surface area contributed by atoms with Gasteiger partial charge < -0.3 is 10.4 Å². The van der Waals surface area contributed by atoms with Crippen LogP contribution in [0.25, 0.3) is 0 Å². The minimum atomic E-state index is -3.32. The van der Waals surface area contributed by atoms with Crippen LogP contribution in [0.4, 0.5) is 11.4 Å². The SMILES string of the molecule is CS(=O)(=O)N1CCCc2cc(C(=O)Nc3cccc(O)c3)ccc21. The Morgan fingerprint density at radius 2 is 2.00 bits per heavy atom. The Balaban J connectivity index is 1.87. The molecule has 1 aliphatic heterocycles. The molecule has 0 unspecified atom stereocenters. The van der Waals surface area contributed by atoms with Gasteiger partial charge >= 0.3 is 0 Å². The van der Waals surface area contributed by atoms with Crippen LogP contribution in [0.2, 0.25) is 0 Å². The molecular weight excluding hydrogens is 328 g/mol. The van der Waals surface area contributed by atoms with Crippen molar-refractivity contribution in [2.24, 2.45) is 0 Å². The standard InChI is InChI=1S/C17H18N2O4S/c1-24(22,23)19-9-3-4-12-10-13(7-8-16(12)19)17(21)18-14-5-2-6-15(20)11-14/h2,5-8,10-11,20H,3-4,9H2,1H3,(H,18,21). The minimum Gasteiger partial charge on any atom is -0.508 e. The third-order valence-corrected chi connectivity index (χ3v) is 5.10. The molecular formula is C17H18N2O4S. The van der Waals surface area contributed by atoms with E-state index in [-0.39, 0.29) is 11.7 Å². The van der Waals surface area contributed by atoms with Gasteiger partial charge in [0, 0.05) is 23.9 Å². The first-order valence-electron chi connectivity index (χ1n) is 7.55. The highest BCUT2D eigenvalue weighted by Gasteiger charge is 2.24. The first-order chi connectivity index (χ1) is 11.3. The van der Waals surface area contributed by atoms with Crippen LogP contribution in [0.15, 0.2) is 42.5 Å². The average Bonchev–Trinajstić information content (AvgIpc) is 2.53. The minimum absolute atomic E-state index is 0.0713. The third-order valence-electron chi connectivity index (χ3n) is 3.92. The Morgan fingerprint density at radius 1 is 1.21 bits per heavy atom. The van der Waals surface area contributed by atoms with Gasteiger partial charge in [0.1, 0.15) is 5.75 Å². The first-order valence-corrected chi connectivity index (χ1v) is 9.40. The van der Waals surface area contributed by atoms with Crippen molar-refractivity contribution in [2.75, 3.05) is 22.4 Å². The number of sulfonamides is 1. The fourth-order valence-electron chi connectivity index (χ4n) is 2.84. The summed E-state index contributed by atoms with van der Waals surface area (Å²) in [6, 6.07) is 11.3. The number of carbonyl (C=O) groups excluding carboxylic acids is 1. The van der Waals surface area contributed by atoms with Crippen LogP contribution in [0.5, 0.6) is 5.75 Å². The van der Waals surface area contributed by atoms with Crippen LogP contribution in [0, 0.1) is 0 Å². The number of aromatic hydroxyl groups is 1. The number of aryl methyl sites for hydroxylation is 1. The third kappa shape index (κ3) is 3.35. The van der Waals surface area contributed by atoms with E-state index in [0.29, 0.717) is 23.5 Å². The Labute approximate surface area is 140 Å². The second-order valence-electron chi connectivity index (χ2n) is 5.79. The summed E-state index contributed by atoms with van der Waals surface area (Å²) in [6.45, 7) is 0.459. The molecule has 0 atom stereocenters. The molecule has 2 aromatic rings. The summed E-state index contributed by atoms with van der Waals surface area (Å²) < 4.78 is 25.1. The van der Waals surface area contributed by atoms with Crippen molar-refractivity contribution in [2.45, 2.75) is 12.8 Å². The fraction of sp³-hybridized carbons (Fsp3) is 0.235. The van der Waals surface area contributed by atoms with E-state index in [1.807, 2.05) is 0 Å². The lowest BCUT2D eigenvalue weighted by Crippen LogP contribution is -2.34. The zero-order valence-electron chi connectivity index (χ0n) is 13.2. The van der Waals surface area contributed by atoms with E-state index in [1.54, 1.807) is 30.3 Å². The molecule has 0 bridgehead atoms. The van der Waals surface area contributed by atoms with Gasteiger partial charge in [0.25, 0.3) is 5.91 Å². The lowest BCUT2D eigenvalue weighted by atomic mass is 10.0. The Hall–Kier alpha value is -2.54. The Bertz CT molecular complexity index is 893. The van der Waals surface area contributed by atoms with Gasteiger partial charge in [-0.1, -0.05) is 6.07 Å². The van der Waals surface area contributed by atoms with Crippen molar-refractivity contribution in [3.05, 3.63) is 53.6 Å². The molecule has 1 heterocycles. The van der Waals surface area contributed by atoms with Gasteiger partial charge in [-0.15, -0.1) is 0 Å². The van der Waals surface area contributed by atoms with Crippen LogP contribution in [0.3, 0.4) is 0 Å². The number of phenols is 1. The highest BCUT2D eigenvalue weighted by atomic mass is 32.2. The highest BCUT2D eigenvalue weighted by Crippen LogP contribution is 2.30. The van der Waals surface area contributed by atoms with Gasteiger partial charge in [-0.2, -0.15) is 0 Å². The first kappa shape index (κ1) is 16.3. The van der Waals surface area contributed by atoms with Gasteiger partial charge in [-0.25, -0.2) is 8.42 Å². The van der Waals surface area contributed by atoms with E-state index in [2.05, 4.69) is 5.32 Å². The lowest BCUT2D eigenvalue weighted by Gasteiger charge is -2.29. The van der Waals surface area contributed by atoms with Crippen molar-refractivity contribution in [1.29, 1.82) is 0 Å². The lowest BCUT2D eigenvalue weighted by molar-refractivity contribution is 0.102. The second kappa shape index (κ2) is 6.16. The predicted molar refractivity (Wildman–Crippen MR) is 93.0 cm³/mol. The molecule has 0 saturated heterocycles. The van der Waals surface area contributed by atoms with Crippen molar-refractivity contribution >= 4 is 27.3 Å². The Kier molecular flexibility index (Phi) is 4.19. The van der Waals surface area contributed by atoms with Crippen LogP contribution in [-0.4, -0.2) is 32.2 Å². The number of rotatable bonds is 3. The maximum atomic E-state index is 12.4. The summed E-state index contributed by atoms with van der Waals surface area (Å²) in [4.78, 5) is 12.4. The number of hydrogen-bond donors (Lipinski definition) is 2. The molecule has 1 amide bonds. The molecule has 126 valence electrons. The average molecular weight is 346 g/mol. The molecule has 7 heteroatoms. The molecule has 0 saturated carbocycles. The van der Waals surface area contributed by atoms with E-state index in [1.165, 1.54) is 22.7 Å². The summed E-state index contributed by atoms with van der Waals surface area (Å²) in [5.41, 5.74) is 2.43. The molecule has 0 aromatic heterocycles. The molecule has 0 radical (unpaired) electrons. The quantitative estimate of drug-likeness (QED) is 0.893. The van der Waals surface area contributed by atoms with Crippen LogP contribution < -0.4 is 9.62 Å². The summed E-state index contributed by atoms with van der Waals surface area (Å²) in [5, 5.41) is 12.2. The van der Waals surface area contributed by atoms with Gasteiger partial charge in [0.05, 0.1) is 11.9 Å². The Morgan fingerprint density at radius 3 is 2.71 bits per heavy atom. The monoisotopic (exact) mass is 346 g/mol. The van der Waals surface area contributed by atoms with Crippen molar-refractivity contribution < 1.29 is 18.3 Å². The normalized spacial score (nSPS) is 14.1. The molecule has 24 heavy (non-hydrogen) atoms. The van der Waals surface area contributed by atoms with E-state index in [4.69, 9.17) is 0 Å². The maximum absolute atomic E-state index is 12.4. The van der Waals surface area contributed by atoms with Crippen LogP contribution >= 0.6 is 0 Å². The number of phenolic OH excluding ortho intramolecular Hbond substituents is 1. The van der Waals surface area contributed by atoms with E-state index < -0.39 is 10.0 Å². The topological polar surface area (TPSA) is 86.7 Å². The van der Waals surface area contributed by atoms with Crippen molar-refractivity contribution in [3.8, 4) is 5.75 Å². The summed E-state index contributed by atoms with van der Waals surface area (Å²) >= 11 is 0. The number of hydrogen-bond acceptors (Lipinski definition) is 4. The van der Waals surface area contributed by atoms with E-state index in [9.17, 15) is 18.3 Å². The molecule has 1 aliphatic rings. The highest BCUT2D eigenvalue weighted by molar-refractivity contribution is 7.92. The smallest absolute Gasteiger partial charge is 0.255 e. The predicted octanol–water partition coefficient (Wildman–Crippen LogP) is 2.36. The number of carbonyl (C=O) groups is 1. The van der Waals surface area contributed by atoms with Gasteiger partial charge in [-0.3, -0.25) is 9.10 Å². The summed E-state index contributed by atoms with van der Waals surface area (Å²) in [5.74, 6) is -0.234. The van der Waals surface area contributed by atoms with E-state index >= 15 is 0 Å².